The van der Waals surface area contributed by atoms with Gasteiger partial charge < -0.3 is 14.6 Å². The lowest BCUT2D eigenvalue weighted by molar-refractivity contribution is -0.156. The van der Waals surface area contributed by atoms with Crippen LogP contribution >= 0.6 is 15.9 Å². The Labute approximate surface area is 83.3 Å². The second-order valence-electron chi connectivity index (χ2n) is 2.96. The minimum absolute atomic E-state index is 0.0477. The van der Waals surface area contributed by atoms with Crippen LogP contribution in [0.15, 0.2) is 21.2 Å². The molecule has 0 aliphatic rings. The number of carboxylic acids is 1. The predicted molar refractivity (Wildman–Crippen MR) is 48.4 cm³/mol. The van der Waals surface area contributed by atoms with Crippen molar-refractivity contribution in [2.45, 2.75) is 18.9 Å². The van der Waals surface area contributed by atoms with Crippen LogP contribution in [0.3, 0.4) is 0 Å². The number of hydrogen-bond acceptors (Lipinski definition) is 3. The summed E-state index contributed by atoms with van der Waals surface area (Å²) in [7, 11) is 0. The summed E-state index contributed by atoms with van der Waals surface area (Å²) in [5.41, 5.74) is -1.78. The summed E-state index contributed by atoms with van der Waals surface area (Å²) in [6, 6.07) is 3.26. The van der Waals surface area contributed by atoms with Gasteiger partial charge in [0, 0.05) is 6.42 Å². The largest absolute Gasteiger partial charge is 0.479 e. The molecule has 0 amide bonds. The fourth-order valence-corrected chi connectivity index (χ4v) is 1.20. The number of carbonyl (C=O) groups is 1. The summed E-state index contributed by atoms with van der Waals surface area (Å²) in [6.45, 7) is 1.23. The van der Waals surface area contributed by atoms with Crippen LogP contribution in [0.2, 0.25) is 0 Å². The lowest BCUT2D eigenvalue weighted by atomic mass is 10.0. The third-order valence-electron chi connectivity index (χ3n) is 1.61. The minimum atomic E-state index is -1.78. The first kappa shape index (κ1) is 10.3. The molecule has 0 fully saturated rings. The van der Waals surface area contributed by atoms with E-state index in [1.807, 2.05) is 0 Å². The molecule has 0 aliphatic carbocycles. The molecule has 0 saturated heterocycles. The van der Waals surface area contributed by atoms with Crippen LogP contribution in [0.4, 0.5) is 0 Å². The van der Waals surface area contributed by atoms with Crippen molar-refractivity contribution in [2.24, 2.45) is 0 Å². The second kappa shape index (κ2) is 3.51. The first-order valence-electron chi connectivity index (χ1n) is 3.62. The van der Waals surface area contributed by atoms with Gasteiger partial charge in [0.05, 0.1) is 0 Å². The molecular weight excluding hydrogens is 240 g/mol. The number of hydrogen-bond donors (Lipinski definition) is 2. The van der Waals surface area contributed by atoms with Gasteiger partial charge in [0.15, 0.2) is 10.3 Å². The molecule has 0 saturated carbocycles. The number of aliphatic hydroxyl groups is 1. The SMILES string of the molecule is CC(O)(Cc1ccc(Br)o1)C(=O)O. The molecule has 1 atom stereocenters. The maximum absolute atomic E-state index is 10.5. The molecule has 1 rings (SSSR count). The number of carboxylic acid groups (broad SMARTS) is 1. The molecule has 72 valence electrons. The van der Waals surface area contributed by atoms with E-state index in [1.54, 1.807) is 12.1 Å². The lowest BCUT2D eigenvalue weighted by Crippen LogP contribution is -2.36. The summed E-state index contributed by atoms with van der Waals surface area (Å²) >= 11 is 3.08. The highest BCUT2D eigenvalue weighted by Crippen LogP contribution is 2.19. The van der Waals surface area contributed by atoms with E-state index in [0.717, 1.165) is 0 Å². The summed E-state index contributed by atoms with van der Waals surface area (Å²) in [5.74, 6) is -0.834. The number of rotatable bonds is 3. The van der Waals surface area contributed by atoms with E-state index in [2.05, 4.69) is 15.9 Å². The Morgan fingerprint density at radius 2 is 2.31 bits per heavy atom. The third kappa shape index (κ3) is 2.57. The van der Waals surface area contributed by atoms with Crippen molar-refractivity contribution in [3.05, 3.63) is 22.6 Å². The molecule has 0 spiro atoms. The van der Waals surface area contributed by atoms with Gasteiger partial charge in [-0.15, -0.1) is 0 Å². The van der Waals surface area contributed by atoms with Gasteiger partial charge in [-0.25, -0.2) is 4.79 Å². The Bertz CT molecular complexity index is 316. The van der Waals surface area contributed by atoms with Gasteiger partial charge in [-0.2, -0.15) is 0 Å². The Kier molecular flexibility index (Phi) is 2.77. The van der Waals surface area contributed by atoms with E-state index in [4.69, 9.17) is 9.52 Å². The zero-order chi connectivity index (χ0) is 10.1. The molecule has 1 unspecified atom stereocenters. The Balaban J connectivity index is 2.74. The summed E-state index contributed by atoms with van der Waals surface area (Å²) in [5, 5.41) is 18.0. The first-order valence-corrected chi connectivity index (χ1v) is 4.41. The van der Waals surface area contributed by atoms with Crippen molar-refractivity contribution < 1.29 is 19.4 Å². The van der Waals surface area contributed by atoms with E-state index in [9.17, 15) is 9.90 Å². The number of halogens is 1. The molecule has 1 heterocycles. The molecule has 1 aromatic heterocycles. The first-order chi connectivity index (χ1) is 5.92. The van der Waals surface area contributed by atoms with Crippen molar-refractivity contribution in [3.63, 3.8) is 0 Å². The van der Waals surface area contributed by atoms with Gasteiger partial charge in [-0.1, -0.05) is 0 Å². The lowest BCUT2D eigenvalue weighted by Gasteiger charge is -2.15. The molecule has 1 aromatic rings. The Morgan fingerprint density at radius 3 is 2.69 bits per heavy atom. The number of furan rings is 1. The molecule has 5 heteroatoms. The van der Waals surface area contributed by atoms with Gasteiger partial charge in [0.25, 0.3) is 0 Å². The average molecular weight is 249 g/mol. The van der Waals surface area contributed by atoms with Crippen LogP contribution in [0.5, 0.6) is 0 Å². The molecule has 0 bridgehead atoms. The highest BCUT2D eigenvalue weighted by atomic mass is 79.9. The van der Waals surface area contributed by atoms with Gasteiger partial charge in [-0.05, 0) is 35.0 Å². The normalized spacial score (nSPS) is 15.3. The van der Waals surface area contributed by atoms with Gasteiger partial charge >= 0.3 is 5.97 Å². The Morgan fingerprint density at radius 1 is 1.69 bits per heavy atom. The minimum Gasteiger partial charge on any atom is -0.479 e. The van der Waals surface area contributed by atoms with Crippen LogP contribution in [-0.2, 0) is 11.2 Å². The standard InChI is InChI=1S/C8H9BrO4/c1-8(12,7(10)11)4-5-2-3-6(9)13-5/h2-3,12H,4H2,1H3,(H,10,11). The zero-order valence-corrected chi connectivity index (χ0v) is 8.54. The van der Waals surface area contributed by atoms with Crippen molar-refractivity contribution >= 4 is 21.9 Å². The molecular formula is C8H9BrO4. The van der Waals surface area contributed by atoms with Crippen molar-refractivity contribution in [2.75, 3.05) is 0 Å². The van der Waals surface area contributed by atoms with E-state index in [-0.39, 0.29) is 6.42 Å². The predicted octanol–water partition coefficient (Wildman–Crippen LogP) is 1.42. The highest BCUT2D eigenvalue weighted by molar-refractivity contribution is 9.10. The molecule has 13 heavy (non-hydrogen) atoms. The van der Waals surface area contributed by atoms with Crippen molar-refractivity contribution in [1.29, 1.82) is 0 Å². The summed E-state index contributed by atoms with van der Waals surface area (Å²) in [4.78, 5) is 10.5. The second-order valence-corrected chi connectivity index (χ2v) is 3.74. The quantitative estimate of drug-likeness (QED) is 0.849. The van der Waals surface area contributed by atoms with Gasteiger partial charge in [0.1, 0.15) is 5.76 Å². The smallest absolute Gasteiger partial charge is 0.335 e. The van der Waals surface area contributed by atoms with Gasteiger partial charge in [-0.3, -0.25) is 0 Å². The highest BCUT2D eigenvalue weighted by Gasteiger charge is 2.31. The maximum Gasteiger partial charge on any atom is 0.335 e. The van der Waals surface area contributed by atoms with Crippen molar-refractivity contribution in [1.82, 2.24) is 0 Å². The van der Waals surface area contributed by atoms with Crippen molar-refractivity contribution in [3.8, 4) is 0 Å². The van der Waals surface area contributed by atoms with Crippen LogP contribution in [0.25, 0.3) is 0 Å². The van der Waals surface area contributed by atoms with E-state index in [1.165, 1.54) is 6.92 Å². The molecule has 0 aliphatic heterocycles. The molecule has 2 N–H and O–H groups in total. The van der Waals surface area contributed by atoms with Crippen LogP contribution < -0.4 is 0 Å². The molecule has 4 nitrogen and oxygen atoms in total. The van der Waals surface area contributed by atoms with E-state index < -0.39 is 11.6 Å². The topological polar surface area (TPSA) is 70.7 Å². The zero-order valence-electron chi connectivity index (χ0n) is 6.95. The fraction of sp³-hybridized carbons (Fsp3) is 0.375. The summed E-state index contributed by atoms with van der Waals surface area (Å²) < 4.78 is 5.58. The maximum atomic E-state index is 10.5. The molecule has 0 aromatic carbocycles. The van der Waals surface area contributed by atoms with Crippen LogP contribution in [-0.4, -0.2) is 21.8 Å². The van der Waals surface area contributed by atoms with E-state index in [0.29, 0.717) is 10.4 Å². The third-order valence-corrected chi connectivity index (χ3v) is 2.03. The summed E-state index contributed by atoms with van der Waals surface area (Å²) in [6.07, 6.45) is -0.0477. The van der Waals surface area contributed by atoms with Crippen LogP contribution in [0, 0.1) is 0 Å². The average Bonchev–Trinajstić information content (AvgIpc) is 2.34. The monoisotopic (exact) mass is 248 g/mol. The number of aliphatic carboxylic acids is 1. The van der Waals surface area contributed by atoms with E-state index >= 15 is 0 Å². The molecule has 0 radical (unpaired) electrons. The fourth-order valence-electron chi connectivity index (χ4n) is 0.862. The van der Waals surface area contributed by atoms with Crippen LogP contribution in [0.1, 0.15) is 12.7 Å². The Hall–Kier alpha value is -0.810. The van der Waals surface area contributed by atoms with Gasteiger partial charge in [0.2, 0.25) is 0 Å².